The van der Waals surface area contributed by atoms with Crippen molar-refractivity contribution in [1.29, 1.82) is 0 Å². The predicted octanol–water partition coefficient (Wildman–Crippen LogP) is 17.2. The second-order valence-electron chi connectivity index (χ2n) is 18.3. The van der Waals surface area contributed by atoms with Crippen molar-refractivity contribution in [2.75, 3.05) is 4.90 Å². The molecule has 0 spiro atoms. The molecule has 69 heavy (non-hydrogen) atoms. The summed E-state index contributed by atoms with van der Waals surface area (Å²) < 4.78 is 0. The van der Waals surface area contributed by atoms with Crippen molar-refractivity contribution >= 4 is 17.1 Å². The van der Waals surface area contributed by atoms with Gasteiger partial charge in [0.2, 0.25) is 0 Å². The largest absolute Gasteiger partial charge is 0.310 e. The van der Waals surface area contributed by atoms with Gasteiger partial charge in [0, 0.05) is 17.1 Å². The molecule has 11 aromatic carbocycles. The highest BCUT2D eigenvalue weighted by molar-refractivity contribution is 5.89. The van der Waals surface area contributed by atoms with Crippen LogP contribution < -0.4 is 4.90 Å². The van der Waals surface area contributed by atoms with Crippen molar-refractivity contribution in [2.45, 2.75) is 10.8 Å². The van der Waals surface area contributed by atoms with Crippen LogP contribution in [-0.4, -0.2) is 0 Å². The molecule has 0 aromatic heterocycles. The quantitative estimate of drug-likeness (QED) is 0.140. The number of fused-ring (bicyclic) bond motifs is 6. The lowest BCUT2D eigenvalue weighted by atomic mass is 9.67. The fraction of sp³-hybridized carbons (Fsp3) is 0.0294. The van der Waals surface area contributed by atoms with Crippen molar-refractivity contribution in [3.63, 3.8) is 0 Å². The molecule has 0 amide bonds. The zero-order valence-corrected chi connectivity index (χ0v) is 38.1. The third-order valence-electron chi connectivity index (χ3n) is 14.8. The third kappa shape index (κ3) is 6.32. The van der Waals surface area contributed by atoms with E-state index in [0.717, 1.165) is 28.2 Å². The minimum absolute atomic E-state index is 0.430. The monoisotopic (exact) mass is 877 g/mol. The topological polar surface area (TPSA) is 3.24 Å². The van der Waals surface area contributed by atoms with Crippen LogP contribution in [0.2, 0.25) is 0 Å². The molecule has 0 fully saturated rings. The Hall–Kier alpha value is -8.78. The minimum atomic E-state index is -0.430. The van der Waals surface area contributed by atoms with E-state index in [1.54, 1.807) is 0 Å². The summed E-state index contributed by atoms with van der Waals surface area (Å²) in [5.74, 6) is 0. The van der Waals surface area contributed by atoms with E-state index in [9.17, 15) is 0 Å². The molecule has 2 aliphatic rings. The second kappa shape index (κ2) is 16.5. The van der Waals surface area contributed by atoms with Crippen molar-refractivity contribution in [3.05, 3.63) is 330 Å². The minimum Gasteiger partial charge on any atom is -0.310 e. The van der Waals surface area contributed by atoms with Gasteiger partial charge in [-0.05, 0) is 125 Å². The van der Waals surface area contributed by atoms with Crippen LogP contribution >= 0.6 is 0 Å². The maximum absolute atomic E-state index is 2.38. The first-order valence-electron chi connectivity index (χ1n) is 24.0. The van der Waals surface area contributed by atoms with Gasteiger partial charge in [-0.3, -0.25) is 0 Å². The third-order valence-corrected chi connectivity index (χ3v) is 14.8. The number of nitrogens with zero attached hydrogens (tertiary/aromatic N) is 1. The maximum Gasteiger partial charge on any atom is 0.0713 e. The second-order valence-corrected chi connectivity index (χ2v) is 18.3. The Morgan fingerprint density at radius 1 is 0.203 bits per heavy atom. The molecule has 0 atom stereocenters. The summed E-state index contributed by atoms with van der Waals surface area (Å²) in [4.78, 5) is 2.38. The van der Waals surface area contributed by atoms with E-state index in [4.69, 9.17) is 0 Å². The molecule has 0 radical (unpaired) electrons. The van der Waals surface area contributed by atoms with Crippen LogP contribution in [0.3, 0.4) is 0 Å². The molecule has 0 N–H and O–H groups in total. The van der Waals surface area contributed by atoms with Crippen molar-refractivity contribution in [2.24, 2.45) is 0 Å². The Morgan fingerprint density at radius 3 is 0.855 bits per heavy atom. The van der Waals surface area contributed by atoms with Crippen LogP contribution in [0.15, 0.2) is 285 Å². The first-order valence-corrected chi connectivity index (χ1v) is 24.0. The number of benzene rings is 11. The Labute approximate surface area is 404 Å². The Bertz CT molecular complexity index is 3330. The van der Waals surface area contributed by atoms with Crippen LogP contribution in [0.25, 0.3) is 44.5 Å². The molecular formula is C68H47N. The maximum atomic E-state index is 2.38. The molecular weight excluding hydrogens is 831 g/mol. The van der Waals surface area contributed by atoms with Gasteiger partial charge in [-0.1, -0.05) is 249 Å². The summed E-state index contributed by atoms with van der Waals surface area (Å²) in [6.07, 6.45) is 0. The molecule has 0 aliphatic heterocycles. The van der Waals surface area contributed by atoms with E-state index in [1.807, 2.05) is 0 Å². The Balaban J connectivity index is 0.874. The number of hydrogen-bond acceptors (Lipinski definition) is 1. The van der Waals surface area contributed by atoms with Crippen molar-refractivity contribution in [3.8, 4) is 44.5 Å². The van der Waals surface area contributed by atoms with Crippen LogP contribution in [-0.2, 0) is 10.8 Å². The van der Waals surface area contributed by atoms with Gasteiger partial charge in [0.05, 0.1) is 10.8 Å². The summed E-state index contributed by atoms with van der Waals surface area (Å²) in [6, 6.07) is 105. The van der Waals surface area contributed by atoms with E-state index < -0.39 is 10.8 Å². The van der Waals surface area contributed by atoms with E-state index in [-0.39, 0.29) is 0 Å². The fourth-order valence-electron chi connectivity index (χ4n) is 11.9. The van der Waals surface area contributed by atoms with Crippen molar-refractivity contribution in [1.82, 2.24) is 0 Å². The van der Waals surface area contributed by atoms with Gasteiger partial charge in [-0.2, -0.15) is 0 Å². The summed E-state index contributed by atoms with van der Waals surface area (Å²) in [7, 11) is 0. The zero-order chi connectivity index (χ0) is 45.8. The molecule has 324 valence electrons. The van der Waals surface area contributed by atoms with Gasteiger partial charge < -0.3 is 4.90 Å². The smallest absolute Gasteiger partial charge is 0.0713 e. The van der Waals surface area contributed by atoms with E-state index in [0.29, 0.717) is 0 Å². The first-order chi connectivity index (χ1) is 34.2. The van der Waals surface area contributed by atoms with Gasteiger partial charge in [0.15, 0.2) is 0 Å². The van der Waals surface area contributed by atoms with Crippen LogP contribution in [0.5, 0.6) is 0 Å². The van der Waals surface area contributed by atoms with E-state index >= 15 is 0 Å². The zero-order valence-electron chi connectivity index (χ0n) is 38.1. The molecule has 0 saturated heterocycles. The Kier molecular flexibility index (Phi) is 9.70. The summed E-state index contributed by atoms with van der Waals surface area (Å²) >= 11 is 0. The molecule has 0 saturated carbocycles. The lowest BCUT2D eigenvalue weighted by molar-refractivity contribution is 0.768. The average Bonchev–Trinajstić information content (AvgIpc) is 3.91. The molecule has 13 rings (SSSR count). The highest BCUT2D eigenvalue weighted by Crippen LogP contribution is 2.57. The van der Waals surface area contributed by atoms with Crippen LogP contribution in [0.1, 0.15) is 44.5 Å². The standard InChI is InChI=1S/C68H47N/c1-4-22-52(23-5-1)67(63-34-14-10-30-59(63)60-31-11-15-35-64(60)67)54-42-38-48(39-43-54)50-20-18-28-57(46-50)69(56-26-8-3-9-27-56)58-29-19-21-51(47-58)49-40-44-55(45-41-49)68(53-24-6-2-7-25-53)65-36-16-12-32-61(65)62-33-13-17-37-66(62)68/h1-47H. The molecule has 1 heteroatoms. The molecule has 11 aromatic rings. The number of hydrogen-bond donors (Lipinski definition) is 0. The number of rotatable bonds is 9. The van der Waals surface area contributed by atoms with Gasteiger partial charge in [-0.25, -0.2) is 0 Å². The summed E-state index contributed by atoms with van der Waals surface area (Å²) in [5.41, 5.74) is 22.7. The summed E-state index contributed by atoms with van der Waals surface area (Å²) in [5, 5.41) is 0. The normalized spacial score (nSPS) is 13.4. The summed E-state index contributed by atoms with van der Waals surface area (Å²) in [6.45, 7) is 0. The van der Waals surface area contributed by atoms with Gasteiger partial charge in [0.25, 0.3) is 0 Å². The van der Waals surface area contributed by atoms with E-state index in [2.05, 4.69) is 290 Å². The highest BCUT2D eigenvalue weighted by Gasteiger charge is 2.47. The van der Waals surface area contributed by atoms with Crippen molar-refractivity contribution < 1.29 is 0 Å². The SMILES string of the molecule is c1ccc(N(c2cccc(-c3ccc(C4(c5ccccc5)c5ccccc5-c5ccccc54)cc3)c2)c2cccc(-c3ccc(C4(c5ccccc5)c5ccccc5-c5ccccc54)cc3)c2)cc1. The first kappa shape index (κ1) is 40.5. The molecule has 1 nitrogen and oxygen atoms in total. The number of anilines is 3. The van der Waals surface area contributed by atoms with Gasteiger partial charge in [-0.15, -0.1) is 0 Å². The van der Waals surface area contributed by atoms with Crippen LogP contribution in [0.4, 0.5) is 17.1 Å². The lowest BCUT2D eigenvalue weighted by Crippen LogP contribution is -2.28. The molecule has 2 aliphatic carbocycles. The highest BCUT2D eigenvalue weighted by atomic mass is 15.1. The lowest BCUT2D eigenvalue weighted by Gasteiger charge is -2.34. The molecule has 0 heterocycles. The van der Waals surface area contributed by atoms with Crippen LogP contribution in [0, 0.1) is 0 Å². The fourth-order valence-corrected chi connectivity index (χ4v) is 11.9. The molecule has 0 bridgehead atoms. The predicted molar refractivity (Wildman–Crippen MR) is 287 cm³/mol. The Morgan fingerprint density at radius 2 is 0.493 bits per heavy atom. The average molecular weight is 878 g/mol. The van der Waals surface area contributed by atoms with Gasteiger partial charge >= 0.3 is 0 Å². The number of para-hydroxylation sites is 1. The van der Waals surface area contributed by atoms with E-state index in [1.165, 1.54) is 77.9 Å². The molecule has 0 unspecified atom stereocenters. The van der Waals surface area contributed by atoms with Gasteiger partial charge in [0.1, 0.15) is 0 Å².